The molecule has 0 aromatic heterocycles. The van der Waals surface area contributed by atoms with E-state index in [0.717, 1.165) is 18.2 Å². The summed E-state index contributed by atoms with van der Waals surface area (Å²) in [5.74, 6) is 2.76. The molecule has 0 fully saturated rings. The fourth-order valence-corrected chi connectivity index (χ4v) is 1.32. The number of hydrogen-bond acceptors (Lipinski definition) is 2. The van der Waals surface area contributed by atoms with Crippen LogP contribution >= 0.6 is 23.4 Å². The molecule has 3 heteroatoms. The Balaban J connectivity index is 2.60. The van der Waals surface area contributed by atoms with Crippen molar-refractivity contribution in [3.05, 3.63) is 0 Å². The fraction of sp³-hybridized carbons (Fsp3) is 1.00. The summed E-state index contributed by atoms with van der Waals surface area (Å²) in [6.07, 6.45) is 2.33. The summed E-state index contributed by atoms with van der Waals surface area (Å²) >= 11 is 7.29. The molecule has 0 unspecified atom stereocenters. The summed E-state index contributed by atoms with van der Waals surface area (Å²) in [7, 11) is 1.72. The lowest BCUT2D eigenvalue weighted by molar-refractivity contribution is 0.259. The second-order valence-electron chi connectivity index (χ2n) is 1.71. The first-order valence-electron chi connectivity index (χ1n) is 3.04. The minimum absolute atomic E-state index is 0.785. The van der Waals surface area contributed by atoms with Crippen LogP contribution in [0.15, 0.2) is 0 Å². The van der Waals surface area contributed by atoms with E-state index in [4.69, 9.17) is 16.3 Å². The van der Waals surface area contributed by atoms with Gasteiger partial charge in [0.15, 0.2) is 0 Å². The molecule has 9 heavy (non-hydrogen) atoms. The number of halogens is 1. The van der Waals surface area contributed by atoms with Crippen molar-refractivity contribution in [2.75, 3.05) is 24.7 Å². The highest BCUT2D eigenvalue weighted by atomic mass is 35.5. The molecule has 0 aromatic rings. The van der Waals surface area contributed by atoms with E-state index >= 15 is 0 Å². The lowest BCUT2D eigenvalue weighted by Gasteiger charge is -1.96. The van der Waals surface area contributed by atoms with Crippen LogP contribution in [0, 0.1) is 0 Å². The van der Waals surface area contributed by atoms with E-state index < -0.39 is 0 Å². The van der Waals surface area contributed by atoms with E-state index in [-0.39, 0.29) is 0 Å². The number of methoxy groups -OCH3 is 1. The molecule has 0 aromatic carbocycles. The summed E-state index contributed by atoms with van der Waals surface area (Å²) < 4.78 is 4.85. The van der Waals surface area contributed by atoms with Crippen molar-refractivity contribution in [1.82, 2.24) is 0 Å². The third-order valence-corrected chi connectivity index (χ3v) is 2.12. The Morgan fingerprint density at radius 1 is 1.44 bits per heavy atom. The molecule has 0 aliphatic carbocycles. The number of thioether (sulfide) groups is 1. The molecule has 0 heterocycles. The maximum atomic E-state index is 5.47. The number of rotatable bonds is 6. The zero-order chi connectivity index (χ0) is 6.95. The van der Waals surface area contributed by atoms with Gasteiger partial charge in [0.2, 0.25) is 0 Å². The van der Waals surface area contributed by atoms with Crippen molar-refractivity contribution in [1.29, 1.82) is 0 Å². The van der Waals surface area contributed by atoms with Crippen LogP contribution in [0.4, 0.5) is 0 Å². The summed E-state index contributed by atoms with van der Waals surface area (Å²) in [5, 5.41) is 0. The van der Waals surface area contributed by atoms with Crippen molar-refractivity contribution in [3.8, 4) is 0 Å². The molecule has 56 valence electrons. The van der Waals surface area contributed by atoms with Gasteiger partial charge in [-0.1, -0.05) is 0 Å². The molecule has 0 amide bonds. The lowest BCUT2D eigenvalue weighted by Crippen LogP contribution is -1.85. The van der Waals surface area contributed by atoms with Crippen molar-refractivity contribution in [2.24, 2.45) is 0 Å². The average Bonchev–Trinajstić information content (AvgIpc) is 1.89. The quantitative estimate of drug-likeness (QED) is 0.342. The van der Waals surface area contributed by atoms with E-state index in [9.17, 15) is 0 Å². The molecule has 0 N–H and O–H groups in total. The van der Waals surface area contributed by atoms with E-state index in [2.05, 4.69) is 0 Å². The first kappa shape index (κ1) is 9.60. The van der Waals surface area contributed by atoms with E-state index in [1.54, 1.807) is 7.11 Å². The Morgan fingerprint density at radius 2 is 2.22 bits per heavy atom. The van der Waals surface area contributed by atoms with Gasteiger partial charge in [-0.2, -0.15) is 0 Å². The molecule has 0 saturated heterocycles. The number of ether oxygens (including phenoxy) is 1. The minimum Gasteiger partial charge on any atom is -0.374 e. The first-order valence-corrected chi connectivity index (χ1v) is 4.73. The zero-order valence-electron chi connectivity index (χ0n) is 5.73. The lowest BCUT2D eigenvalue weighted by atomic mass is 10.4. The summed E-state index contributed by atoms with van der Waals surface area (Å²) in [5.41, 5.74) is 0. The fourth-order valence-electron chi connectivity index (χ4n) is 0.441. The minimum atomic E-state index is 0.785. The van der Waals surface area contributed by atoms with Gasteiger partial charge in [-0.25, -0.2) is 0 Å². The molecule has 0 spiro atoms. The SMILES string of the molecule is COCSCCCCCl. The number of unbranched alkanes of at least 4 members (excludes halogenated alkanes) is 1. The van der Waals surface area contributed by atoms with Gasteiger partial charge in [-0.05, 0) is 18.6 Å². The smallest absolute Gasteiger partial charge is 0.0917 e. The predicted molar refractivity (Wildman–Crippen MR) is 44.3 cm³/mol. The monoisotopic (exact) mass is 168 g/mol. The molecule has 0 bridgehead atoms. The normalized spacial score (nSPS) is 10.0. The van der Waals surface area contributed by atoms with Crippen LogP contribution in [0.25, 0.3) is 0 Å². The molecule has 0 aliphatic heterocycles. The van der Waals surface area contributed by atoms with Gasteiger partial charge in [0.05, 0.1) is 5.94 Å². The van der Waals surface area contributed by atoms with Gasteiger partial charge in [0.25, 0.3) is 0 Å². The summed E-state index contributed by atoms with van der Waals surface area (Å²) in [4.78, 5) is 0. The van der Waals surface area contributed by atoms with Crippen LogP contribution in [-0.4, -0.2) is 24.7 Å². The molecular weight excluding hydrogens is 156 g/mol. The molecule has 0 rings (SSSR count). The maximum absolute atomic E-state index is 5.47. The molecule has 1 nitrogen and oxygen atoms in total. The Hall–Kier alpha value is 0.600. The van der Waals surface area contributed by atoms with Crippen molar-refractivity contribution in [2.45, 2.75) is 12.8 Å². The van der Waals surface area contributed by atoms with Gasteiger partial charge in [-0.15, -0.1) is 23.4 Å². The van der Waals surface area contributed by atoms with Gasteiger partial charge in [0, 0.05) is 13.0 Å². The summed E-state index contributed by atoms with van der Waals surface area (Å²) in [6.45, 7) is 0. The largest absolute Gasteiger partial charge is 0.374 e. The second-order valence-corrected chi connectivity index (χ2v) is 3.14. The number of hydrogen-bond donors (Lipinski definition) is 0. The van der Waals surface area contributed by atoms with Gasteiger partial charge in [-0.3, -0.25) is 0 Å². The van der Waals surface area contributed by atoms with Gasteiger partial charge >= 0.3 is 0 Å². The van der Waals surface area contributed by atoms with Gasteiger partial charge < -0.3 is 4.74 Å². The topological polar surface area (TPSA) is 9.23 Å². The van der Waals surface area contributed by atoms with Crippen molar-refractivity contribution in [3.63, 3.8) is 0 Å². The Kier molecular flexibility index (Phi) is 9.17. The molecular formula is C6H13ClOS. The van der Waals surface area contributed by atoms with Gasteiger partial charge in [0.1, 0.15) is 0 Å². The van der Waals surface area contributed by atoms with Crippen LogP contribution in [-0.2, 0) is 4.74 Å². The highest BCUT2D eigenvalue weighted by Crippen LogP contribution is 2.04. The van der Waals surface area contributed by atoms with Crippen LogP contribution in [0.3, 0.4) is 0 Å². The van der Waals surface area contributed by atoms with E-state index in [1.165, 1.54) is 12.2 Å². The summed E-state index contributed by atoms with van der Waals surface area (Å²) in [6, 6.07) is 0. The Morgan fingerprint density at radius 3 is 2.78 bits per heavy atom. The predicted octanol–water partition coefficient (Wildman–Crippen LogP) is 2.34. The van der Waals surface area contributed by atoms with Crippen LogP contribution < -0.4 is 0 Å². The first-order chi connectivity index (χ1) is 4.41. The maximum Gasteiger partial charge on any atom is 0.0917 e. The standard InChI is InChI=1S/C6H13ClOS/c1-8-6-9-5-3-2-4-7/h2-6H2,1H3. The highest BCUT2D eigenvalue weighted by molar-refractivity contribution is 7.99. The Bertz CT molecular complexity index is 46.3. The van der Waals surface area contributed by atoms with Crippen LogP contribution in [0.2, 0.25) is 0 Å². The second kappa shape index (κ2) is 8.60. The molecule has 0 saturated carbocycles. The van der Waals surface area contributed by atoms with E-state index in [1.807, 2.05) is 11.8 Å². The molecule has 0 atom stereocenters. The third kappa shape index (κ3) is 8.60. The third-order valence-electron chi connectivity index (χ3n) is 0.873. The zero-order valence-corrected chi connectivity index (χ0v) is 7.30. The highest BCUT2D eigenvalue weighted by Gasteiger charge is 1.86. The number of alkyl halides is 1. The average molecular weight is 169 g/mol. The van der Waals surface area contributed by atoms with Crippen molar-refractivity contribution < 1.29 is 4.74 Å². The Labute approximate surface area is 66.1 Å². The molecule has 0 aliphatic rings. The van der Waals surface area contributed by atoms with Crippen molar-refractivity contribution >= 4 is 23.4 Å². The van der Waals surface area contributed by atoms with Crippen LogP contribution in [0.5, 0.6) is 0 Å². The van der Waals surface area contributed by atoms with E-state index in [0.29, 0.717) is 0 Å². The van der Waals surface area contributed by atoms with Crippen LogP contribution in [0.1, 0.15) is 12.8 Å². The molecule has 0 radical (unpaired) electrons.